The van der Waals surface area contributed by atoms with E-state index in [2.05, 4.69) is 20.7 Å². The fourth-order valence-corrected chi connectivity index (χ4v) is 1.69. The van der Waals surface area contributed by atoms with Gasteiger partial charge in [-0.3, -0.25) is 4.79 Å². The minimum absolute atomic E-state index is 0.0412. The van der Waals surface area contributed by atoms with Crippen LogP contribution in [0.4, 0.5) is 22.0 Å². The molecule has 0 N–H and O–H groups in total. The molecule has 0 atom stereocenters. The van der Waals surface area contributed by atoms with E-state index in [9.17, 15) is 26.7 Å². The van der Waals surface area contributed by atoms with E-state index in [4.69, 9.17) is 0 Å². The monoisotopic (exact) mass is 346 g/mol. The van der Waals surface area contributed by atoms with E-state index in [0.717, 1.165) is 12.1 Å². The molecular formula is C11H8BrF5O2. The normalized spacial score (nSPS) is 11.7. The number of hydrogen-bond donors (Lipinski definition) is 0. The Bertz CT molecular complexity index is 459. The molecule has 0 aliphatic carbocycles. The van der Waals surface area contributed by atoms with Gasteiger partial charge in [-0.2, -0.15) is 0 Å². The van der Waals surface area contributed by atoms with Crippen molar-refractivity contribution >= 4 is 21.7 Å². The van der Waals surface area contributed by atoms with Crippen molar-refractivity contribution in [1.82, 2.24) is 0 Å². The Morgan fingerprint density at radius 2 is 1.95 bits per heavy atom. The Balaban J connectivity index is 3.14. The smallest absolute Gasteiger partial charge is 0.405 e. The summed E-state index contributed by atoms with van der Waals surface area (Å²) in [5.41, 5.74) is -1.02. The quantitative estimate of drug-likeness (QED) is 0.446. The predicted molar refractivity (Wildman–Crippen MR) is 60.8 cm³/mol. The molecule has 0 unspecified atom stereocenters. The Hall–Kier alpha value is -1.18. The second-order valence-corrected chi connectivity index (χ2v) is 4.26. The number of benzene rings is 1. The first kappa shape index (κ1) is 15.9. The number of hydrogen-bond acceptors (Lipinski definition) is 2. The summed E-state index contributed by atoms with van der Waals surface area (Å²) in [6, 6.07) is 2.49. The average Bonchev–Trinajstić information content (AvgIpc) is 2.26. The van der Waals surface area contributed by atoms with E-state index in [1.54, 1.807) is 0 Å². The van der Waals surface area contributed by atoms with Crippen molar-refractivity contribution in [3.8, 4) is 5.75 Å². The fraction of sp³-hybridized carbons (Fsp3) is 0.364. The lowest BCUT2D eigenvalue weighted by atomic mass is 10.1. The topological polar surface area (TPSA) is 26.3 Å². The predicted octanol–water partition coefficient (Wildman–Crippen LogP) is 4.49. The van der Waals surface area contributed by atoms with Crippen molar-refractivity contribution in [3.63, 3.8) is 0 Å². The third kappa shape index (κ3) is 4.77. The summed E-state index contributed by atoms with van der Waals surface area (Å²) in [6.45, 7) is 0. The lowest BCUT2D eigenvalue weighted by Crippen LogP contribution is -2.18. The molecule has 106 valence electrons. The largest absolute Gasteiger partial charge is 0.573 e. The molecule has 0 heterocycles. The number of ether oxygens (including phenoxy) is 1. The molecule has 1 aromatic rings. The summed E-state index contributed by atoms with van der Waals surface area (Å²) in [6.07, 6.45) is -8.18. The van der Waals surface area contributed by atoms with Gasteiger partial charge in [-0.05, 0) is 12.1 Å². The van der Waals surface area contributed by atoms with Crippen LogP contribution in [0.1, 0.15) is 28.8 Å². The van der Waals surface area contributed by atoms with Crippen LogP contribution >= 0.6 is 15.9 Å². The Labute approximate surface area is 113 Å². The van der Waals surface area contributed by atoms with Gasteiger partial charge in [-0.15, -0.1) is 13.2 Å². The minimum atomic E-state index is -5.10. The van der Waals surface area contributed by atoms with Crippen LogP contribution in [-0.4, -0.2) is 17.5 Å². The van der Waals surface area contributed by atoms with Crippen LogP contribution in [-0.2, 0) is 0 Å². The highest BCUT2D eigenvalue weighted by Gasteiger charge is 2.33. The Morgan fingerprint density at radius 3 is 2.42 bits per heavy atom. The average molecular weight is 347 g/mol. The zero-order chi connectivity index (χ0) is 14.6. The van der Waals surface area contributed by atoms with E-state index in [0.29, 0.717) is 11.4 Å². The summed E-state index contributed by atoms with van der Waals surface area (Å²) in [4.78, 5) is 11.5. The van der Waals surface area contributed by atoms with Crippen molar-refractivity contribution in [2.45, 2.75) is 19.2 Å². The van der Waals surface area contributed by atoms with Gasteiger partial charge in [0.15, 0.2) is 5.78 Å². The van der Waals surface area contributed by atoms with E-state index in [-0.39, 0.29) is 12.0 Å². The molecule has 0 aromatic heterocycles. The summed E-state index contributed by atoms with van der Waals surface area (Å²) < 4.78 is 64.9. The van der Waals surface area contributed by atoms with Crippen LogP contribution in [0.5, 0.6) is 5.75 Å². The molecule has 0 amide bonds. The van der Waals surface area contributed by atoms with Crippen LogP contribution < -0.4 is 4.74 Å². The van der Waals surface area contributed by atoms with Crippen molar-refractivity contribution in [2.24, 2.45) is 0 Å². The van der Waals surface area contributed by atoms with Gasteiger partial charge < -0.3 is 4.74 Å². The number of alkyl halides is 6. The van der Waals surface area contributed by atoms with Gasteiger partial charge in [0.2, 0.25) is 0 Å². The number of rotatable bonds is 5. The van der Waals surface area contributed by atoms with Crippen molar-refractivity contribution in [3.05, 3.63) is 29.3 Å². The van der Waals surface area contributed by atoms with Gasteiger partial charge >= 0.3 is 6.36 Å². The summed E-state index contributed by atoms with van der Waals surface area (Å²) in [5.74, 6) is -1.52. The van der Waals surface area contributed by atoms with Crippen LogP contribution in [0.3, 0.4) is 0 Å². The zero-order valence-corrected chi connectivity index (χ0v) is 10.9. The fourth-order valence-electron chi connectivity index (χ4n) is 1.33. The molecule has 0 radical (unpaired) electrons. The number of carbonyl (C=O) groups excluding carboxylic acids is 1. The molecule has 0 fully saturated rings. The highest BCUT2D eigenvalue weighted by molar-refractivity contribution is 9.09. The second kappa shape index (κ2) is 6.31. The van der Waals surface area contributed by atoms with Gasteiger partial charge in [-0.25, -0.2) is 8.78 Å². The number of halogens is 6. The lowest BCUT2D eigenvalue weighted by Gasteiger charge is -2.14. The highest BCUT2D eigenvalue weighted by Crippen LogP contribution is 2.33. The maximum atomic E-state index is 12.5. The van der Waals surface area contributed by atoms with Crippen molar-refractivity contribution in [2.75, 3.05) is 5.33 Å². The molecule has 8 heteroatoms. The van der Waals surface area contributed by atoms with Crippen molar-refractivity contribution < 1.29 is 31.5 Å². The molecule has 1 rings (SSSR count). The van der Waals surface area contributed by atoms with Crippen LogP contribution in [0.15, 0.2) is 18.2 Å². The molecule has 0 aliphatic rings. The summed E-state index contributed by atoms with van der Waals surface area (Å²) in [7, 11) is 0. The van der Waals surface area contributed by atoms with Crippen molar-refractivity contribution in [1.29, 1.82) is 0 Å². The first-order valence-electron chi connectivity index (χ1n) is 5.01. The van der Waals surface area contributed by atoms with Gasteiger partial charge in [0, 0.05) is 17.3 Å². The van der Waals surface area contributed by atoms with Crippen LogP contribution in [0.25, 0.3) is 0 Å². The van der Waals surface area contributed by atoms with Crippen LogP contribution in [0.2, 0.25) is 0 Å². The molecule has 0 aliphatic heterocycles. The number of Topliss-reactive ketones (excluding diaryl/α,β-unsaturated/α-hetero) is 1. The van der Waals surface area contributed by atoms with E-state index in [1.165, 1.54) is 0 Å². The maximum Gasteiger partial charge on any atom is 0.573 e. The van der Waals surface area contributed by atoms with E-state index in [1.807, 2.05) is 0 Å². The Morgan fingerprint density at radius 1 is 1.32 bits per heavy atom. The summed E-state index contributed by atoms with van der Waals surface area (Å²) >= 11 is 3.00. The SMILES string of the molecule is O=C(CCBr)c1ccc(C(F)F)c(OC(F)(F)F)c1. The standard InChI is InChI=1S/C11H8BrF5O2/c12-4-3-8(18)6-1-2-7(10(13)14)9(5-6)19-11(15,16)17/h1-2,5,10H,3-4H2. The minimum Gasteiger partial charge on any atom is -0.405 e. The molecule has 2 nitrogen and oxygen atoms in total. The Kier molecular flexibility index (Phi) is 5.28. The number of ketones is 1. The first-order chi connectivity index (χ1) is 8.74. The maximum absolute atomic E-state index is 12.5. The van der Waals surface area contributed by atoms with E-state index < -0.39 is 29.9 Å². The van der Waals surface area contributed by atoms with Gasteiger partial charge in [-0.1, -0.05) is 22.0 Å². The highest BCUT2D eigenvalue weighted by atomic mass is 79.9. The third-order valence-electron chi connectivity index (χ3n) is 2.12. The molecule has 0 spiro atoms. The van der Waals surface area contributed by atoms with Gasteiger partial charge in [0.1, 0.15) is 5.75 Å². The second-order valence-electron chi connectivity index (χ2n) is 3.46. The van der Waals surface area contributed by atoms with Gasteiger partial charge in [0.05, 0.1) is 5.56 Å². The third-order valence-corrected chi connectivity index (χ3v) is 2.51. The molecule has 0 saturated heterocycles. The first-order valence-corrected chi connectivity index (χ1v) is 6.13. The zero-order valence-electron chi connectivity index (χ0n) is 9.31. The molecule has 0 saturated carbocycles. The van der Waals surface area contributed by atoms with Crippen LogP contribution in [0, 0.1) is 0 Å². The van der Waals surface area contributed by atoms with E-state index >= 15 is 0 Å². The number of carbonyl (C=O) groups is 1. The lowest BCUT2D eigenvalue weighted by molar-refractivity contribution is -0.275. The molecular weight excluding hydrogens is 339 g/mol. The molecule has 19 heavy (non-hydrogen) atoms. The van der Waals surface area contributed by atoms with Gasteiger partial charge in [0.25, 0.3) is 6.43 Å². The molecule has 1 aromatic carbocycles. The summed E-state index contributed by atoms with van der Waals surface area (Å²) in [5, 5.41) is 0.317. The molecule has 0 bridgehead atoms.